The molecule has 0 unspecified atom stereocenters. The standard InChI is InChI=1S/C19H25BrN2O6/c1-12(2)27-18(24)21-22(19(25)28-13(3)4)11-15(17(23)26-5)10-14-6-8-16(20)9-7-14/h6-10,12-13H,11H2,1-5H3,(H,21,24)/b15-10-. The molecule has 1 aromatic rings. The summed E-state index contributed by atoms with van der Waals surface area (Å²) in [6.07, 6.45) is -0.926. The molecule has 1 N–H and O–H groups in total. The van der Waals surface area contributed by atoms with E-state index in [1.807, 2.05) is 12.1 Å². The molecule has 1 aromatic carbocycles. The number of methoxy groups -OCH3 is 1. The molecule has 0 saturated carbocycles. The molecular formula is C19H25BrN2O6. The second-order valence-electron chi connectivity index (χ2n) is 6.30. The summed E-state index contributed by atoms with van der Waals surface area (Å²) >= 11 is 3.34. The molecule has 0 bridgehead atoms. The highest BCUT2D eigenvalue weighted by atomic mass is 79.9. The van der Waals surface area contributed by atoms with Crippen LogP contribution in [0.25, 0.3) is 6.08 Å². The molecule has 0 aromatic heterocycles. The Morgan fingerprint density at radius 2 is 1.64 bits per heavy atom. The number of hydrogen-bond acceptors (Lipinski definition) is 6. The molecule has 0 spiro atoms. The van der Waals surface area contributed by atoms with Gasteiger partial charge in [-0.05, 0) is 51.5 Å². The number of carbonyl (C=O) groups is 3. The lowest BCUT2D eigenvalue weighted by atomic mass is 10.1. The molecule has 0 aliphatic carbocycles. The van der Waals surface area contributed by atoms with E-state index in [2.05, 4.69) is 21.4 Å². The van der Waals surface area contributed by atoms with Gasteiger partial charge >= 0.3 is 18.2 Å². The molecule has 0 fully saturated rings. The van der Waals surface area contributed by atoms with E-state index in [0.717, 1.165) is 9.48 Å². The number of ether oxygens (including phenoxy) is 3. The van der Waals surface area contributed by atoms with Crippen LogP contribution in [0.2, 0.25) is 0 Å². The van der Waals surface area contributed by atoms with Gasteiger partial charge in [-0.15, -0.1) is 0 Å². The first-order valence-corrected chi connectivity index (χ1v) is 9.41. The maximum Gasteiger partial charge on any atom is 0.429 e. The van der Waals surface area contributed by atoms with E-state index < -0.39 is 24.3 Å². The van der Waals surface area contributed by atoms with Crippen molar-refractivity contribution in [3.05, 3.63) is 39.9 Å². The van der Waals surface area contributed by atoms with Crippen LogP contribution in [-0.2, 0) is 19.0 Å². The van der Waals surface area contributed by atoms with E-state index >= 15 is 0 Å². The maximum atomic E-state index is 12.4. The van der Waals surface area contributed by atoms with E-state index in [1.165, 1.54) is 7.11 Å². The SMILES string of the molecule is COC(=O)/C(=C\c1ccc(Br)cc1)CN(NC(=O)OC(C)C)C(=O)OC(C)C. The van der Waals surface area contributed by atoms with Gasteiger partial charge in [-0.3, -0.25) is 0 Å². The number of benzene rings is 1. The van der Waals surface area contributed by atoms with Crippen molar-refractivity contribution in [2.75, 3.05) is 13.7 Å². The molecule has 0 saturated heterocycles. The summed E-state index contributed by atoms with van der Waals surface area (Å²) < 4.78 is 15.8. The first kappa shape index (κ1) is 23.5. The van der Waals surface area contributed by atoms with E-state index in [9.17, 15) is 14.4 Å². The molecule has 9 heteroatoms. The third-order valence-electron chi connectivity index (χ3n) is 3.11. The van der Waals surface area contributed by atoms with Crippen molar-refractivity contribution in [1.82, 2.24) is 10.4 Å². The summed E-state index contributed by atoms with van der Waals surface area (Å²) in [6, 6.07) is 7.18. The highest BCUT2D eigenvalue weighted by Gasteiger charge is 2.24. The van der Waals surface area contributed by atoms with Crippen LogP contribution in [0.15, 0.2) is 34.3 Å². The fraction of sp³-hybridized carbons (Fsp3) is 0.421. The number of carbonyl (C=O) groups excluding carboxylic acids is 3. The molecule has 0 heterocycles. The molecule has 8 nitrogen and oxygen atoms in total. The number of hydrogen-bond donors (Lipinski definition) is 1. The summed E-state index contributed by atoms with van der Waals surface area (Å²) in [4.78, 5) is 36.5. The monoisotopic (exact) mass is 456 g/mol. The molecule has 154 valence electrons. The Bertz CT molecular complexity index is 716. The van der Waals surface area contributed by atoms with Crippen molar-refractivity contribution in [3.63, 3.8) is 0 Å². The van der Waals surface area contributed by atoms with Crippen LogP contribution in [0.1, 0.15) is 33.3 Å². The average Bonchev–Trinajstić information content (AvgIpc) is 2.60. The number of esters is 1. The van der Waals surface area contributed by atoms with Gasteiger partial charge in [0.05, 0.1) is 31.4 Å². The predicted molar refractivity (Wildman–Crippen MR) is 107 cm³/mol. The van der Waals surface area contributed by atoms with Crippen molar-refractivity contribution in [1.29, 1.82) is 0 Å². The number of nitrogens with one attached hydrogen (secondary N) is 1. The third-order valence-corrected chi connectivity index (χ3v) is 3.64. The number of nitrogens with zero attached hydrogens (tertiary/aromatic N) is 1. The van der Waals surface area contributed by atoms with E-state index in [-0.39, 0.29) is 18.2 Å². The lowest BCUT2D eigenvalue weighted by molar-refractivity contribution is -0.136. The van der Waals surface area contributed by atoms with E-state index in [4.69, 9.17) is 14.2 Å². The van der Waals surface area contributed by atoms with Crippen LogP contribution in [0.3, 0.4) is 0 Å². The van der Waals surface area contributed by atoms with Gasteiger partial charge in [0.2, 0.25) is 0 Å². The molecule has 0 atom stereocenters. The van der Waals surface area contributed by atoms with Gasteiger partial charge in [0.25, 0.3) is 0 Å². The highest BCUT2D eigenvalue weighted by molar-refractivity contribution is 9.10. The summed E-state index contributed by atoms with van der Waals surface area (Å²) in [7, 11) is 1.23. The Balaban J connectivity index is 3.12. The van der Waals surface area contributed by atoms with Crippen LogP contribution < -0.4 is 5.43 Å². The number of amides is 2. The lowest BCUT2D eigenvalue weighted by Crippen LogP contribution is -2.49. The van der Waals surface area contributed by atoms with Crippen LogP contribution in [0, 0.1) is 0 Å². The number of rotatable bonds is 6. The zero-order chi connectivity index (χ0) is 21.3. The average molecular weight is 457 g/mol. The molecule has 1 rings (SSSR count). The van der Waals surface area contributed by atoms with Crippen molar-refractivity contribution in [2.45, 2.75) is 39.9 Å². The van der Waals surface area contributed by atoms with Gasteiger partial charge in [0, 0.05) is 4.47 Å². The second-order valence-corrected chi connectivity index (χ2v) is 7.21. The first-order valence-electron chi connectivity index (χ1n) is 8.62. The fourth-order valence-electron chi connectivity index (χ4n) is 2.00. The van der Waals surface area contributed by atoms with Gasteiger partial charge in [0.15, 0.2) is 0 Å². The number of halogens is 1. The summed E-state index contributed by atoms with van der Waals surface area (Å²) in [5, 5.41) is 0.867. The van der Waals surface area contributed by atoms with Crippen molar-refractivity contribution in [2.24, 2.45) is 0 Å². The van der Waals surface area contributed by atoms with Crippen LogP contribution in [-0.4, -0.2) is 49.0 Å². The fourth-order valence-corrected chi connectivity index (χ4v) is 2.26. The molecule has 2 amide bonds. The molecular weight excluding hydrogens is 432 g/mol. The predicted octanol–water partition coefficient (Wildman–Crippen LogP) is 3.90. The minimum absolute atomic E-state index is 0.135. The van der Waals surface area contributed by atoms with Crippen LogP contribution >= 0.6 is 15.9 Å². The van der Waals surface area contributed by atoms with Gasteiger partial charge < -0.3 is 14.2 Å². The summed E-state index contributed by atoms with van der Waals surface area (Å²) in [5.41, 5.74) is 3.15. The maximum absolute atomic E-state index is 12.4. The topological polar surface area (TPSA) is 94.2 Å². The Morgan fingerprint density at radius 3 is 2.14 bits per heavy atom. The number of hydrazine groups is 1. The summed E-state index contributed by atoms with van der Waals surface area (Å²) in [5.74, 6) is -0.649. The third kappa shape index (κ3) is 8.43. The van der Waals surface area contributed by atoms with Gasteiger partial charge in [-0.1, -0.05) is 28.1 Å². The van der Waals surface area contributed by atoms with Crippen molar-refractivity contribution in [3.8, 4) is 0 Å². The zero-order valence-electron chi connectivity index (χ0n) is 16.5. The van der Waals surface area contributed by atoms with E-state index in [0.29, 0.717) is 5.56 Å². The Kier molecular flexibility index (Phi) is 9.50. The molecule has 28 heavy (non-hydrogen) atoms. The zero-order valence-corrected chi connectivity index (χ0v) is 18.1. The van der Waals surface area contributed by atoms with Crippen LogP contribution in [0.5, 0.6) is 0 Å². The Morgan fingerprint density at radius 1 is 1.07 bits per heavy atom. The van der Waals surface area contributed by atoms with E-state index in [1.54, 1.807) is 45.9 Å². The first-order chi connectivity index (χ1) is 13.1. The van der Waals surface area contributed by atoms with Crippen molar-refractivity contribution >= 4 is 40.2 Å². The lowest BCUT2D eigenvalue weighted by Gasteiger charge is -2.24. The minimum Gasteiger partial charge on any atom is -0.466 e. The minimum atomic E-state index is -0.844. The summed E-state index contributed by atoms with van der Waals surface area (Å²) in [6.45, 7) is 6.40. The van der Waals surface area contributed by atoms with Gasteiger partial charge in [-0.25, -0.2) is 24.8 Å². The van der Waals surface area contributed by atoms with Crippen LogP contribution in [0.4, 0.5) is 9.59 Å². The second kappa shape index (κ2) is 11.3. The quantitative estimate of drug-likeness (QED) is 0.301. The smallest absolute Gasteiger partial charge is 0.429 e. The Hall–Kier alpha value is -2.55. The van der Waals surface area contributed by atoms with Gasteiger partial charge in [-0.2, -0.15) is 0 Å². The van der Waals surface area contributed by atoms with Gasteiger partial charge in [0.1, 0.15) is 0 Å². The largest absolute Gasteiger partial charge is 0.466 e. The molecule has 0 radical (unpaired) electrons. The highest BCUT2D eigenvalue weighted by Crippen LogP contribution is 2.15. The Labute approximate surface area is 172 Å². The molecule has 0 aliphatic rings. The van der Waals surface area contributed by atoms with Crippen molar-refractivity contribution < 1.29 is 28.6 Å². The molecule has 0 aliphatic heterocycles. The normalized spacial score (nSPS) is 11.2.